The first kappa shape index (κ1) is 21.0. The summed E-state index contributed by atoms with van der Waals surface area (Å²) in [4.78, 5) is 12.2. The number of carbonyl (C=O) groups is 1. The molecule has 0 bridgehead atoms. The quantitative estimate of drug-likeness (QED) is 0.684. The largest absolute Gasteiger partial charge is 0.497 e. The van der Waals surface area contributed by atoms with E-state index >= 15 is 0 Å². The highest BCUT2D eigenvalue weighted by Crippen LogP contribution is 2.38. The zero-order valence-electron chi connectivity index (χ0n) is 16.8. The molecule has 0 aromatic heterocycles. The van der Waals surface area contributed by atoms with E-state index in [0.29, 0.717) is 47.4 Å². The normalized spacial score (nSPS) is 10.0. The van der Waals surface area contributed by atoms with Crippen molar-refractivity contribution >= 4 is 11.7 Å². The maximum atomic E-state index is 12.2. The summed E-state index contributed by atoms with van der Waals surface area (Å²) in [6.07, 6.45) is 0.587. The van der Waals surface area contributed by atoms with E-state index in [1.807, 2.05) is 12.1 Å². The molecule has 152 valence electrons. The molecule has 0 atom stereocenters. The lowest BCUT2D eigenvalue weighted by Crippen LogP contribution is -2.30. The van der Waals surface area contributed by atoms with Gasteiger partial charge < -0.3 is 34.3 Å². The molecule has 0 heterocycles. The zero-order valence-corrected chi connectivity index (χ0v) is 16.8. The third-order valence-corrected chi connectivity index (χ3v) is 4.08. The lowest BCUT2D eigenvalue weighted by molar-refractivity contribution is 0.252. The maximum absolute atomic E-state index is 12.2. The lowest BCUT2D eigenvalue weighted by Gasteiger charge is -2.15. The van der Waals surface area contributed by atoms with Crippen LogP contribution in [-0.2, 0) is 6.42 Å². The van der Waals surface area contributed by atoms with Crippen molar-refractivity contribution in [1.82, 2.24) is 5.32 Å². The number of hydrogen-bond donors (Lipinski definition) is 2. The average Bonchev–Trinajstić information content (AvgIpc) is 2.73. The minimum absolute atomic E-state index is 0.337. The highest BCUT2D eigenvalue weighted by atomic mass is 16.5. The number of anilines is 1. The van der Waals surface area contributed by atoms with Crippen molar-refractivity contribution in [3.8, 4) is 28.7 Å². The van der Waals surface area contributed by atoms with Crippen molar-refractivity contribution in [2.75, 3.05) is 47.4 Å². The van der Waals surface area contributed by atoms with Crippen LogP contribution in [0.15, 0.2) is 30.3 Å². The van der Waals surface area contributed by atoms with Crippen LogP contribution in [0.2, 0.25) is 0 Å². The molecule has 0 fully saturated rings. The molecule has 0 saturated heterocycles. The monoisotopic (exact) mass is 390 g/mol. The minimum Gasteiger partial charge on any atom is -0.497 e. The van der Waals surface area contributed by atoms with Crippen molar-refractivity contribution in [2.24, 2.45) is 0 Å². The summed E-state index contributed by atoms with van der Waals surface area (Å²) < 4.78 is 26.4. The predicted octanol–water partition coefficient (Wildman–Crippen LogP) is 3.09. The SMILES string of the molecule is COc1ccc(NC(=O)NCCc2cc(OC)c(OC)c(OC)c2)c(OC)c1. The van der Waals surface area contributed by atoms with Gasteiger partial charge in [0.2, 0.25) is 5.75 Å². The fraction of sp³-hybridized carbons (Fsp3) is 0.350. The molecule has 8 nitrogen and oxygen atoms in total. The van der Waals surface area contributed by atoms with Crippen LogP contribution in [0.25, 0.3) is 0 Å². The molecule has 0 saturated carbocycles. The van der Waals surface area contributed by atoms with E-state index in [2.05, 4.69) is 10.6 Å². The third-order valence-electron chi connectivity index (χ3n) is 4.08. The Morgan fingerprint density at radius 3 is 2.00 bits per heavy atom. The fourth-order valence-corrected chi connectivity index (χ4v) is 2.67. The van der Waals surface area contributed by atoms with Crippen LogP contribution in [0.1, 0.15) is 5.56 Å². The van der Waals surface area contributed by atoms with Gasteiger partial charge in [0.05, 0.1) is 41.2 Å². The standard InChI is InChI=1S/C20H26N2O6/c1-24-14-6-7-15(16(12-14)25-2)22-20(23)21-9-8-13-10-17(26-3)19(28-5)18(11-13)27-4/h6-7,10-12H,8-9H2,1-5H3,(H2,21,22,23). The minimum atomic E-state index is -0.337. The van der Waals surface area contributed by atoms with E-state index in [1.165, 1.54) is 7.11 Å². The molecule has 0 radical (unpaired) electrons. The number of carbonyl (C=O) groups excluding carboxylic acids is 1. The molecule has 8 heteroatoms. The number of rotatable bonds is 9. The van der Waals surface area contributed by atoms with Crippen LogP contribution in [0.5, 0.6) is 28.7 Å². The molecule has 2 N–H and O–H groups in total. The lowest BCUT2D eigenvalue weighted by atomic mass is 10.1. The molecule has 2 amide bonds. The smallest absolute Gasteiger partial charge is 0.319 e. The number of nitrogens with one attached hydrogen (secondary N) is 2. The van der Waals surface area contributed by atoms with Crippen LogP contribution >= 0.6 is 0 Å². The fourth-order valence-electron chi connectivity index (χ4n) is 2.67. The molecule has 0 aliphatic rings. The summed E-state index contributed by atoms with van der Waals surface area (Å²) in [5.41, 5.74) is 1.49. The van der Waals surface area contributed by atoms with Crippen LogP contribution in [-0.4, -0.2) is 48.1 Å². The molecule has 2 aromatic rings. The van der Waals surface area contributed by atoms with Crippen molar-refractivity contribution < 1.29 is 28.5 Å². The van der Waals surface area contributed by atoms with E-state index in [9.17, 15) is 4.79 Å². The molecule has 0 unspecified atom stereocenters. The van der Waals surface area contributed by atoms with Crippen molar-refractivity contribution in [3.05, 3.63) is 35.9 Å². The van der Waals surface area contributed by atoms with Gasteiger partial charge in [-0.1, -0.05) is 0 Å². The molecule has 2 aromatic carbocycles. The number of ether oxygens (including phenoxy) is 5. The molecule has 28 heavy (non-hydrogen) atoms. The van der Waals surface area contributed by atoms with Crippen molar-refractivity contribution in [2.45, 2.75) is 6.42 Å². The Hall–Kier alpha value is -3.29. The number of benzene rings is 2. The van der Waals surface area contributed by atoms with E-state index in [4.69, 9.17) is 23.7 Å². The molecule has 0 aliphatic carbocycles. The van der Waals surface area contributed by atoms with Gasteiger partial charge in [-0.3, -0.25) is 0 Å². The van der Waals surface area contributed by atoms with Crippen LogP contribution in [0.3, 0.4) is 0 Å². The second kappa shape index (κ2) is 10.1. The van der Waals surface area contributed by atoms with Crippen LogP contribution < -0.4 is 34.3 Å². The van der Waals surface area contributed by atoms with Gasteiger partial charge in [-0.05, 0) is 36.2 Å². The topological polar surface area (TPSA) is 87.3 Å². The van der Waals surface area contributed by atoms with Gasteiger partial charge >= 0.3 is 6.03 Å². The summed E-state index contributed by atoms with van der Waals surface area (Å²) in [5, 5.41) is 5.58. The molecule has 0 spiro atoms. The molecular formula is C20H26N2O6. The van der Waals surface area contributed by atoms with Gasteiger partial charge in [-0.2, -0.15) is 0 Å². The second-order valence-corrected chi connectivity index (χ2v) is 5.73. The van der Waals surface area contributed by atoms with Gasteiger partial charge in [0, 0.05) is 12.6 Å². The van der Waals surface area contributed by atoms with E-state index in [0.717, 1.165) is 5.56 Å². The zero-order chi connectivity index (χ0) is 20.5. The van der Waals surface area contributed by atoms with Crippen molar-refractivity contribution in [3.63, 3.8) is 0 Å². The van der Waals surface area contributed by atoms with Gasteiger partial charge in [0.15, 0.2) is 11.5 Å². The highest BCUT2D eigenvalue weighted by molar-refractivity contribution is 5.91. The summed E-state index contributed by atoms with van der Waals surface area (Å²) in [7, 11) is 7.78. The maximum Gasteiger partial charge on any atom is 0.319 e. The number of urea groups is 1. The third kappa shape index (κ3) is 5.12. The Morgan fingerprint density at radius 2 is 1.46 bits per heavy atom. The van der Waals surface area contributed by atoms with Crippen molar-refractivity contribution in [1.29, 1.82) is 0 Å². The Labute approximate surface area is 164 Å². The Kier molecular flexibility index (Phi) is 7.62. The summed E-state index contributed by atoms with van der Waals surface area (Å²) >= 11 is 0. The number of methoxy groups -OCH3 is 5. The summed E-state index contributed by atoms with van der Waals surface area (Å²) in [6.45, 7) is 0.420. The molecule has 0 aliphatic heterocycles. The van der Waals surface area contributed by atoms with E-state index < -0.39 is 0 Å². The number of hydrogen-bond acceptors (Lipinski definition) is 6. The van der Waals surface area contributed by atoms with E-state index in [1.54, 1.807) is 46.6 Å². The Bertz CT molecular complexity index is 784. The summed E-state index contributed by atoms with van der Waals surface area (Å²) in [5.74, 6) is 2.84. The number of amides is 2. The average molecular weight is 390 g/mol. The van der Waals surface area contributed by atoms with Gasteiger partial charge in [0.1, 0.15) is 11.5 Å². The molecular weight excluding hydrogens is 364 g/mol. The second-order valence-electron chi connectivity index (χ2n) is 5.73. The first-order chi connectivity index (χ1) is 13.6. The van der Waals surface area contributed by atoms with Crippen LogP contribution in [0, 0.1) is 0 Å². The predicted molar refractivity (Wildman–Crippen MR) is 106 cm³/mol. The Morgan fingerprint density at radius 1 is 0.821 bits per heavy atom. The van der Waals surface area contributed by atoms with Gasteiger partial charge in [0.25, 0.3) is 0 Å². The molecule has 2 rings (SSSR count). The first-order valence-electron chi connectivity index (χ1n) is 8.62. The highest BCUT2D eigenvalue weighted by Gasteiger charge is 2.13. The van der Waals surface area contributed by atoms with Gasteiger partial charge in [-0.15, -0.1) is 0 Å². The van der Waals surface area contributed by atoms with E-state index in [-0.39, 0.29) is 6.03 Å². The van der Waals surface area contributed by atoms with Crippen LogP contribution in [0.4, 0.5) is 10.5 Å². The summed E-state index contributed by atoms with van der Waals surface area (Å²) in [6, 6.07) is 8.53. The Balaban J connectivity index is 1.97. The van der Waals surface area contributed by atoms with Gasteiger partial charge in [-0.25, -0.2) is 4.79 Å². The first-order valence-corrected chi connectivity index (χ1v) is 8.62.